The molecule has 1 amide bonds. The van der Waals surface area contributed by atoms with Crippen LogP contribution in [-0.4, -0.2) is 51.5 Å². The van der Waals surface area contributed by atoms with E-state index in [0.29, 0.717) is 31.4 Å². The topological polar surface area (TPSA) is 60.2 Å². The minimum absolute atomic E-state index is 0.0422. The highest BCUT2D eigenvalue weighted by Crippen LogP contribution is 2.40. The Labute approximate surface area is 172 Å². The third-order valence-electron chi connectivity index (χ3n) is 4.26. The summed E-state index contributed by atoms with van der Waals surface area (Å²) in [5.41, 5.74) is 0. The van der Waals surface area contributed by atoms with Crippen molar-refractivity contribution in [1.29, 1.82) is 0 Å². The first-order valence-electron chi connectivity index (χ1n) is 8.87. The smallest absolute Gasteiger partial charge is 0.232 e. The van der Waals surface area contributed by atoms with Crippen LogP contribution >= 0.6 is 27.7 Å². The Morgan fingerprint density at radius 1 is 1.41 bits per heavy atom. The summed E-state index contributed by atoms with van der Waals surface area (Å²) in [4.78, 5) is 14.1. The predicted octanol–water partition coefficient (Wildman–Crippen LogP) is 3.73. The Balaban J connectivity index is 1.45. The fourth-order valence-corrected chi connectivity index (χ4v) is 3.70. The van der Waals surface area contributed by atoms with Gasteiger partial charge in [-0.1, -0.05) is 33.8 Å². The molecule has 1 heterocycles. The van der Waals surface area contributed by atoms with Crippen LogP contribution in [0.15, 0.2) is 46.5 Å². The Morgan fingerprint density at radius 3 is 2.81 bits per heavy atom. The number of ether oxygens (including phenoxy) is 1. The van der Waals surface area contributed by atoms with Crippen molar-refractivity contribution in [1.82, 2.24) is 19.7 Å². The number of halogens is 1. The predicted molar refractivity (Wildman–Crippen MR) is 110 cm³/mol. The van der Waals surface area contributed by atoms with E-state index in [9.17, 15) is 4.79 Å². The molecule has 0 N–H and O–H groups in total. The van der Waals surface area contributed by atoms with Crippen LogP contribution in [0.4, 0.5) is 0 Å². The second kappa shape index (κ2) is 9.41. The molecule has 1 aromatic carbocycles. The average molecular weight is 451 g/mol. The zero-order valence-corrected chi connectivity index (χ0v) is 17.7. The standard InChI is InChI=1S/C19H23BrN4O2S/c1-3-10-24-18(14-4-5-14)21-22-19(24)27-13-17(25)23(2)11-12-26-16-8-6-15(20)7-9-16/h3,6-9,14H,1,4-5,10-13H2,2H3. The monoisotopic (exact) mass is 450 g/mol. The van der Waals surface area contributed by atoms with Gasteiger partial charge >= 0.3 is 0 Å². The number of allylic oxidation sites excluding steroid dienone is 1. The van der Waals surface area contributed by atoms with Crippen molar-refractivity contribution < 1.29 is 9.53 Å². The highest BCUT2D eigenvalue weighted by molar-refractivity contribution is 9.10. The van der Waals surface area contributed by atoms with E-state index in [4.69, 9.17) is 4.74 Å². The van der Waals surface area contributed by atoms with Crippen LogP contribution in [0.5, 0.6) is 5.75 Å². The maximum absolute atomic E-state index is 12.4. The number of aromatic nitrogens is 3. The summed E-state index contributed by atoms with van der Waals surface area (Å²) < 4.78 is 8.75. The van der Waals surface area contributed by atoms with Crippen LogP contribution in [0, 0.1) is 0 Å². The van der Waals surface area contributed by atoms with Gasteiger partial charge in [0, 0.05) is 24.0 Å². The molecule has 6 nitrogen and oxygen atoms in total. The van der Waals surface area contributed by atoms with Crippen molar-refractivity contribution in [2.75, 3.05) is 26.0 Å². The number of benzene rings is 1. The Morgan fingerprint density at radius 2 is 2.15 bits per heavy atom. The average Bonchev–Trinajstić information content (AvgIpc) is 3.43. The number of likely N-dealkylation sites (N-methyl/N-ethyl adjacent to an activating group) is 1. The fourth-order valence-electron chi connectivity index (χ4n) is 2.54. The zero-order valence-electron chi connectivity index (χ0n) is 15.3. The van der Waals surface area contributed by atoms with E-state index in [0.717, 1.165) is 21.2 Å². The second-order valence-electron chi connectivity index (χ2n) is 6.42. The van der Waals surface area contributed by atoms with Gasteiger partial charge in [-0.2, -0.15) is 0 Å². The molecule has 144 valence electrons. The van der Waals surface area contributed by atoms with Gasteiger partial charge in [0.25, 0.3) is 0 Å². The summed E-state index contributed by atoms with van der Waals surface area (Å²) in [6.07, 6.45) is 4.17. The lowest BCUT2D eigenvalue weighted by Gasteiger charge is -2.17. The van der Waals surface area contributed by atoms with Crippen LogP contribution in [0.2, 0.25) is 0 Å². The van der Waals surface area contributed by atoms with Gasteiger partial charge in [0.05, 0.1) is 12.3 Å². The van der Waals surface area contributed by atoms with E-state index >= 15 is 0 Å². The van der Waals surface area contributed by atoms with Gasteiger partial charge in [-0.3, -0.25) is 4.79 Å². The van der Waals surface area contributed by atoms with Crippen LogP contribution < -0.4 is 4.74 Å². The largest absolute Gasteiger partial charge is 0.492 e. The Hall–Kier alpha value is -1.80. The van der Waals surface area contributed by atoms with Crippen LogP contribution in [0.3, 0.4) is 0 Å². The van der Waals surface area contributed by atoms with Gasteiger partial charge in [-0.25, -0.2) is 0 Å². The van der Waals surface area contributed by atoms with Gasteiger partial charge < -0.3 is 14.2 Å². The first-order chi connectivity index (χ1) is 13.1. The molecule has 1 saturated carbocycles. The molecule has 1 aliphatic rings. The molecule has 0 saturated heterocycles. The number of amides is 1. The van der Waals surface area contributed by atoms with Crippen molar-refractivity contribution in [2.45, 2.75) is 30.5 Å². The normalized spacial score (nSPS) is 13.4. The van der Waals surface area contributed by atoms with E-state index in [1.165, 1.54) is 24.6 Å². The molecule has 0 atom stereocenters. The molecule has 27 heavy (non-hydrogen) atoms. The van der Waals surface area contributed by atoms with E-state index in [1.54, 1.807) is 11.9 Å². The quantitative estimate of drug-likeness (QED) is 0.407. The molecule has 0 aliphatic heterocycles. The highest BCUT2D eigenvalue weighted by Gasteiger charge is 2.30. The summed E-state index contributed by atoms with van der Waals surface area (Å²) in [7, 11) is 1.79. The Kier molecular flexibility index (Phi) is 6.95. The van der Waals surface area contributed by atoms with Gasteiger partial charge in [-0.05, 0) is 37.1 Å². The van der Waals surface area contributed by atoms with Gasteiger partial charge in [0.1, 0.15) is 18.2 Å². The Bertz CT molecular complexity index is 790. The summed E-state index contributed by atoms with van der Waals surface area (Å²) in [5.74, 6) is 2.69. The van der Waals surface area contributed by atoms with E-state index in [2.05, 4.69) is 37.3 Å². The lowest BCUT2D eigenvalue weighted by molar-refractivity contribution is -0.127. The van der Waals surface area contributed by atoms with Gasteiger partial charge in [-0.15, -0.1) is 16.8 Å². The number of carbonyl (C=O) groups excluding carboxylic acids is 1. The summed E-state index contributed by atoms with van der Waals surface area (Å²) in [6.45, 7) is 5.46. The van der Waals surface area contributed by atoms with E-state index in [-0.39, 0.29) is 5.91 Å². The number of hydrogen-bond acceptors (Lipinski definition) is 5. The first-order valence-corrected chi connectivity index (χ1v) is 10.7. The van der Waals surface area contributed by atoms with E-state index in [1.807, 2.05) is 30.3 Å². The fraction of sp³-hybridized carbons (Fsp3) is 0.421. The summed E-state index contributed by atoms with van der Waals surface area (Å²) >= 11 is 4.82. The number of thioether (sulfide) groups is 1. The molecule has 2 aromatic rings. The molecule has 0 radical (unpaired) electrons. The summed E-state index contributed by atoms with van der Waals surface area (Å²) in [6, 6.07) is 7.64. The third-order valence-corrected chi connectivity index (χ3v) is 5.74. The number of carbonyl (C=O) groups is 1. The molecule has 8 heteroatoms. The number of hydrogen-bond donors (Lipinski definition) is 0. The van der Waals surface area contributed by atoms with E-state index < -0.39 is 0 Å². The van der Waals surface area contributed by atoms with Crippen LogP contribution in [-0.2, 0) is 11.3 Å². The molecule has 0 unspecified atom stereocenters. The zero-order chi connectivity index (χ0) is 19.2. The van der Waals surface area contributed by atoms with Gasteiger partial charge in [0.2, 0.25) is 5.91 Å². The molecular weight excluding hydrogens is 428 g/mol. The number of nitrogens with zero attached hydrogens (tertiary/aromatic N) is 4. The molecule has 1 aliphatic carbocycles. The van der Waals surface area contributed by atoms with Crippen molar-refractivity contribution in [3.8, 4) is 5.75 Å². The van der Waals surface area contributed by atoms with Crippen molar-refractivity contribution in [3.63, 3.8) is 0 Å². The maximum atomic E-state index is 12.4. The minimum Gasteiger partial charge on any atom is -0.492 e. The van der Waals surface area contributed by atoms with Crippen LogP contribution in [0.25, 0.3) is 0 Å². The molecule has 1 fully saturated rings. The maximum Gasteiger partial charge on any atom is 0.232 e. The lowest BCUT2D eigenvalue weighted by atomic mass is 10.3. The molecule has 3 rings (SSSR count). The number of rotatable bonds is 10. The van der Waals surface area contributed by atoms with Gasteiger partial charge in [0.15, 0.2) is 5.16 Å². The molecule has 1 aromatic heterocycles. The highest BCUT2D eigenvalue weighted by atomic mass is 79.9. The van der Waals surface area contributed by atoms with Crippen molar-refractivity contribution in [3.05, 3.63) is 47.2 Å². The third kappa shape index (κ3) is 5.59. The van der Waals surface area contributed by atoms with Crippen molar-refractivity contribution in [2.24, 2.45) is 0 Å². The first kappa shape index (κ1) is 19.9. The molecular formula is C19H23BrN4O2S. The SMILES string of the molecule is C=CCn1c(SCC(=O)N(C)CCOc2ccc(Br)cc2)nnc1C1CC1. The lowest BCUT2D eigenvalue weighted by Crippen LogP contribution is -2.32. The van der Waals surface area contributed by atoms with Crippen LogP contribution in [0.1, 0.15) is 24.6 Å². The van der Waals surface area contributed by atoms with Crippen molar-refractivity contribution >= 4 is 33.6 Å². The molecule has 0 spiro atoms. The summed E-state index contributed by atoms with van der Waals surface area (Å²) in [5, 5.41) is 9.35. The second-order valence-corrected chi connectivity index (χ2v) is 8.28. The minimum atomic E-state index is 0.0422. The molecule has 0 bridgehead atoms.